The van der Waals surface area contributed by atoms with E-state index in [2.05, 4.69) is 11.9 Å². The van der Waals surface area contributed by atoms with Crippen molar-refractivity contribution in [2.24, 2.45) is 4.99 Å². The lowest BCUT2D eigenvalue weighted by Crippen LogP contribution is -2.05. The molecule has 0 aliphatic heterocycles. The van der Waals surface area contributed by atoms with E-state index in [1.165, 1.54) is 0 Å². The van der Waals surface area contributed by atoms with Gasteiger partial charge in [-0.15, -0.1) is 0 Å². The number of aliphatic imine (C=N–C) groups is 1. The molecule has 23 heavy (non-hydrogen) atoms. The van der Waals surface area contributed by atoms with Crippen LogP contribution >= 0.6 is 23.5 Å². The number of hydrogen-bond donors (Lipinski definition) is 0. The molecule has 0 heterocycles. The maximum atomic E-state index is 5.90. The van der Waals surface area contributed by atoms with E-state index in [1.54, 1.807) is 18.3 Å². The monoisotopic (exact) mass is 348 g/mol. The van der Waals surface area contributed by atoms with Gasteiger partial charge < -0.3 is 9.04 Å². The Kier molecular flexibility index (Phi) is 7.30. The molecule has 2 aromatic carbocycles. The number of unbranched alkanes of at least 4 members (excludes halogenated alkanes) is 1. The van der Waals surface area contributed by atoms with Crippen molar-refractivity contribution < 1.29 is 4.74 Å². The number of hydrogen-bond acceptors (Lipinski definition) is 3. The topological polar surface area (TPSA) is 24.8 Å². The van der Waals surface area contributed by atoms with Crippen molar-refractivity contribution >= 4 is 35.6 Å². The summed E-state index contributed by atoms with van der Waals surface area (Å²) >= 11 is 7.48. The lowest BCUT2D eigenvalue weighted by atomic mass is 10.3. The zero-order valence-corrected chi connectivity index (χ0v) is 15.0. The average molecular weight is 349 g/mol. The number of para-hydroxylation sites is 2. The van der Waals surface area contributed by atoms with Gasteiger partial charge in [-0.1, -0.05) is 37.1 Å². The first-order valence-corrected chi connectivity index (χ1v) is 8.76. The molecule has 0 fully saturated rings. The highest BCUT2D eigenvalue weighted by Crippen LogP contribution is 2.28. The Bertz CT molecular complexity index is 631. The third kappa shape index (κ3) is 6.16. The van der Waals surface area contributed by atoms with E-state index in [4.69, 9.17) is 16.3 Å². The Morgan fingerprint density at radius 2 is 1.91 bits per heavy atom. The summed E-state index contributed by atoms with van der Waals surface area (Å²) < 4.78 is 7.74. The van der Waals surface area contributed by atoms with Crippen LogP contribution in [0.3, 0.4) is 0 Å². The lowest BCUT2D eigenvalue weighted by molar-refractivity contribution is 0.310. The first-order valence-electron chi connectivity index (χ1n) is 7.61. The number of halogens is 1. The van der Waals surface area contributed by atoms with E-state index in [0.717, 1.165) is 40.8 Å². The van der Waals surface area contributed by atoms with Crippen LogP contribution in [0.25, 0.3) is 0 Å². The van der Waals surface area contributed by atoms with Crippen molar-refractivity contribution in [3.8, 4) is 5.75 Å². The molecule has 0 spiro atoms. The molecule has 2 rings (SSSR count). The van der Waals surface area contributed by atoms with Crippen LogP contribution < -0.4 is 4.74 Å². The Labute approximate surface area is 147 Å². The number of nitrogens with zero attached hydrogens (tertiary/aromatic N) is 2. The van der Waals surface area contributed by atoms with Gasteiger partial charge in [-0.2, -0.15) is 0 Å². The summed E-state index contributed by atoms with van der Waals surface area (Å²) in [5.41, 5.74) is 0.840. The van der Waals surface area contributed by atoms with Crippen molar-refractivity contribution in [3.05, 3.63) is 53.6 Å². The SMILES string of the molecule is CCCCOc1ccccc1N=CN(C)Sc1ccc(Cl)cc1. The van der Waals surface area contributed by atoms with E-state index in [-0.39, 0.29) is 0 Å². The van der Waals surface area contributed by atoms with Crippen LogP contribution in [0.15, 0.2) is 58.4 Å². The predicted molar refractivity (Wildman–Crippen MR) is 100 cm³/mol. The molecule has 0 radical (unpaired) electrons. The standard InChI is InChI=1S/C18H21ClN2OS/c1-3-4-13-22-18-8-6-5-7-17(18)20-14-21(2)23-16-11-9-15(19)10-12-16/h5-12,14H,3-4,13H2,1-2H3. The zero-order chi connectivity index (χ0) is 16.5. The third-order valence-electron chi connectivity index (χ3n) is 3.04. The molecule has 0 atom stereocenters. The van der Waals surface area contributed by atoms with Crippen LogP contribution in [0.1, 0.15) is 19.8 Å². The fraction of sp³-hybridized carbons (Fsp3) is 0.278. The van der Waals surface area contributed by atoms with Crippen LogP contribution in [-0.2, 0) is 0 Å². The summed E-state index contributed by atoms with van der Waals surface area (Å²) in [5.74, 6) is 0.821. The Morgan fingerprint density at radius 1 is 1.17 bits per heavy atom. The van der Waals surface area contributed by atoms with Gasteiger partial charge in [0.05, 0.1) is 6.61 Å². The van der Waals surface area contributed by atoms with E-state index < -0.39 is 0 Å². The van der Waals surface area contributed by atoms with Gasteiger partial charge in [-0.3, -0.25) is 0 Å². The van der Waals surface area contributed by atoms with E-state index in [1.807, 2.05) is 59.9 Å². The molecule has 0 unspecified atom stereocenters. The minimum absolute atomic E-state index is 0.721. The Morgan fingerprint density at radius 3 is 2.65 bits per heavy atom. The van der Waals surface area contributed by atoms with E-state index in [9.17, 15) is 0 Å². The molecule has 5 heteroatoms. The van der Waals surface area contributed by atoms with Crippen molar-refractivity contribution in [1.82, 2.24) is 4.31 Å². The molecular weight excluding hydrogens is 328 g/mol. The molecule has 2 aromatic rings. The molecular formula is C18H21ClN2OS. The number of benzene rings is 2. The van der Waals surface area contributed by atoms with Crippen LogP contribution in [0.4, 0.5) is 5.69 Å². The fourth-order valence-electron chi connectivity index (χ4n) is 1.84. The van der Waals surface area contributed by atoms with Crippen LogP contribution in [0.5, 0.6) is 5.75 Å². The number of rotatable bonds is 8. The lowest BCUT2D eigenvalue weighted by Gasteiger charge is -2.12. The van der Waals surface area contributed by atoms with E-state index >= 15 is 0 Å². The quantitative estimate of drug-likeness (QED) is 0.260. The fourth-order valence-corrected chi connectivity index (χ4v) is 2.65. The van der Waals surface area contributed by atoms with Crippen LogP contribution in [0.2, 0.25) is 5.02 Å². The second kappa shape index (κ2) is 9.48. The van der Waals surface area contributed by atoms with Crippen molar-refractivity contribution in [2.45, 2.75) is 24.7 Å². The normalized spacial score (nSPS) is 10.9. The Balaban J connectivity index is 1.97. The highest BCUT2D eigenvalue weighted by molar-refractivity contribution is 7.97. The summed E-state index contributed by atoms with van der Waals surface area (Å²) in [7, 11) is 1.96. The molecule has 0 N–H and O–H groups in total. The van der Waals surface area contributed by atoms with Gasteiger partial charge in [0.1, 0.15) is 17.8 Å². The van der Waals surface area contributed by atoms with Gasteiger partial charge in [0, 0.05) is 17.0 Å². The minimum Gasteiger partial charge on any atom is -0.491 e. The second-order valence-corrected chi connectivity index (χ2v) is 6.67. The summed E-state index contributed by atoms with van der Waals surface area (Å²) in [6.07, 6.45) is 3.96. The van der Waals surface area contributed by atoms with Crippen molar-refractivity contribution in [3.63, 3.8) is 0 Å². The summed E-state index contributed by atoms with van der Waals surface area (Å²) in [6.45, 7) is 2.87. The summed E-state index contributed by atoms with van der Waals surface area (Å²) in [6, 6.07) is 15.6. The van der Waals surface area contributed by atoms with Gasteiger partial charge in [-0.25, -0.2) is 4.99 Å². The molecule has 122 valence electrons. The molecule has 0 bridgehead atoms. The highest BCUT2D eigenvalue weighted by Gasteiger charge is 2.02. The molecule has 0 saturated heterocycles. The molecule has 0 aliphatic carbocycles. The van der Waals surface area contributed by atoms with Gasteiger partial charge in [0.2, 0.25) is 0 Å². The maximum absolute atomic E-state index is 5.90. The maximum Gasteiger partial charge on any atom is 0.144 e. The third-order valence-corrected chi connectivity index (χ3v) is 4.16. The van der Waals surface area contributed by atoms with Gasteiger partial charge in [0.15, 0.2) is 0 Å². The first-order chi connectivity index (χ1) is 11.2. The van der Waals surface area contributed by atoms with Gasteiger partial charge in [0.25, 0.3) is 0 Å². The largest absolute Gasteiger partial charge is 0.491 e. The molecule has 0 aromatic heterocycles. The molecule has 0 saturated carbocycles. The highest BCUT2D eigenvalue weighted by atomic mass is 35.5. The molecule has 0 amide bonds. The van der Waals surface area contributed by atoms with Crippen molar-refractivity contribution in [1.29, 1.82) is 0 Å². The zero-order valence-electron chi connectivity index (χ0n) is 13.4. The van der Waals surface area contributed by atoms with Crippen LogP contribution in [0, 0.1) is 0 Å². The summed E-state index contributed by atoms with van der Waals surface area (Å²) in [4.78, 5) is 5.63. The second-order valence-electron chi connectivity index (χ2n) is 5.01. The minimum atomic E-state index is 0.721. The molecule has 0 aliphatic rings. The van der Waals surface area contributed by atoms with E-state index in [0.29, 0.717) is 0 Å². The molecule has 3 nitrogen and oxygen atoms in total. The average Bonchev–Trinajstić information content (AvgIpc) is 2.56. The van der Waals surface area contributed by atoms with Crippen LogP contribution in [-0.4, -0.2) is 24.3 Å². The van der Waals surface area contributed by atoms with Crippen molar-refractivity contribution in [2.75, 3.05) is 13.7 Å². The number of ether oxygens (including phenoxy) is 1. The first kappa shape index (κ1) is 17.7. The predicted octanol–water partition coefficient (Wildman–Crippen LogP) is 5.82. The van der Waals surface area contributed by atoms with Gasteiger partial charge >= 0.3 is 0 Å². The summed E-state index contributed by atoms with van der Waals surface area (Å²) in [5, 5.41) is 0.740. The Hall–Kier alpha value is -1.65. The van der Waals surface area contributed by atoms with Gasteiger partial charge in [-0.05, 0) is 54.8 Å². The smallest absolute Gasteiger partial charge is 0.144 e.